The van der Waals surface area contributed by atoms with E-state index in [0.717, 1.165) is 11.8 Å². The van der Waals surface area contributed by atoms with E-state index in [9.17, 15) is 9.18 Å². The van der Waals surface area contributed by atoms with E-state index >= 15 is 0 Å². The van der Waals surface area contributed by atoms with Crippen molar-refractivity contribution in [1.82, 2.24) is 10.3 Å². The molecule has 1 aromatic heterocycles. The summed E-state index contributed by atoms with van der Waals surface area (Å²) in [5.41, 5.74) is 0.878. The molecule has 1 atom stereocenters. The number of benzene rings is 1. The Morgan fingerprint density at radius 1 is 1.32 bits per heavy atom. The van der Waals surface area contributed by atoms with Crippen LogP contribution in [0, 0.1) is 5.82 Å². The predicted molar refractivity (Wildman–Crippen MR) is 71.5 cm³/mol. The number of halogens is 2. The fourth-order valence-corrected chi connectivity index (χ4v) is 1.79. The normalized spacial score (nSPS) is 11.9. The molecule has 0 fully saturated rings. The molecule has 0 saturated carbocycles. The minimum Gasteiger partial charge on any atom is -0.345 e. The molecule has 19 heavy (non-hydrogen) atoms. The molecule has 0 saturated heterocycles. The molecule has 1 aromatic carbocycles. The fraction of sp³-hybridized carbons (Fsp3) is 0.143. The van der Waals surface area contributed by atoms with Gasteiger partial charge < -0.3 is 5.32 Å². The SMILES string of the molecule is CC(NC(=O)c1ccncc1F)c1ccc(Cl)cc1. The molecule has 1 unspecified atom stereocenters. The lowest BCUT2D eigenvalue weighted by Crippen LogP contribution is -2.27. The van der Waals surface area contributed by atoms with E-state index in [1.807, 2.05) is 19.1 Å². The number of hydrogen-bond acceptors (Lipinski definition) is 2. The van der Waals surface area contributed by atoms with Gasteiger partial charge in [-0.3, -0.25) is 9.78 Å². The van der Waals surface area contributed by atoms with Gasteiger partial charge in [-0.1, -0.05) is 23.7 Å². The first kappa shape index (κ1) is 13.5. The Balaban J connectivity index is 2.11. The average molecular weight is 279 g/mol. The summed E-state index contributed by atoms with van der Waals surface area (Å²) in [5.74, 6) is -1.11. The molecule has 0 spiro atoms. The van der Waals surface area contributed by atoms with Crippen LogP contribution < -0.4 is 5.32 Å². The summed E-state index contributed by atoms with van der Waals surface area (Å²) in [4.78, 5) is 15.5. The Kier molecular flexibility index (Phi) is 4.12. The molecule has 0 radical (unpaired) electrons. The number of aromatic nitrogens is 1. The van der Waals surface area contributed by atoms with Crippen molar-refractivity contribution in [2.45, 2.75) is 13.0 Å². The Bertz CT molecular complexity index is 586. The highest BCUT2D eigenvalue weighted by Gasteiger charge is 2.14. The summed E-state index contributed by atoms with van der Waals surface area (Å²) in [5, 5.41) is 3.35. The second-order valence-electron chi connectivity index (χ2n) is 4.10. The minimum absolute atomic E-state index is 0.0178. The lowest BCUT2D eigenvalue weighted by Gasteiger charge is -2.14. The molecule has 5 heteroatoms. The summed E-state index contributed by atoms with van der Waals surface area (Å²) in [6, 6.07) is 8.22. The highest BCUT2D eigenvalue weighted by Crippen LogP contribution is 2.17. The zero-order valence-corrected chi connectivity index (χ0v) is 11.0. The average Bonchev–Trinajstić information content (AvgIpc) is 2.39. The van der Waals surface area contributed by atoms with E-state index in [1.165, 1.54) is 12.3 Å². The van der Waals surface area contributed by atoms with Crippen LogP contribution in [0.4, 0.5) is 4.39 Å². The van der Waals surface area contributed by atoms with Gasteiger partial charge in [0.05, 0.1) is 17.8 Å². The molecule has 3 nitrogen and oxygen atoms in total. The number of pyridine rings is 1. The number of nitrogens with zero attached hydrogens (tertiary/aromatic N) is 1. The maximum Gasteiger partial charge on any atom is 0.254 e. The Morgan fingerprint density at radius 2 is 2.00 bits per heavy atom. The zero-order valence-electron chi connectivity index (χ0n) is 10.2. The van der Waals surface area contributed by atoms with Crippen molar-refractivity contribution >= 4 is 17.5 Å². The van der Waals surface area contributed by atoms with Gasteiger partial charge in [-0.2, -0.15) is 0 Å². The van der Waals surface area contributed by atoms with E-state index in [0.29, 0.717) is 5.02 Å². The summed E-state index contributed by atoms with van der Waals surface area (Å²) in [7, 11) is 0. The number of nitrogens with one attached hydrogen (secondary N) is 1. The highest BCUT2D eigenvalue weighted by molar-refractivity contribution is 6.30. The number of carbonyl (C=O) groups excluding carboxylic acids is 1. The van der Waals surface area contributed by atoms with E-state index in [-0.39, 0.29) is 11.6 Å². The number of carbonyl (C=O) groups is 1. The lowest BCUT2D eigenvalue weighted by molar-refractivity contribution is 0.0935. The maximum atomic E-state index is 13.4. The molecule has 0 bridgehead atoms. The van der Waals surface area contributed by atoms with Gasteiger partial charge in [0.2, 0.25) is 0 Å². The van der Waals surface area contributed by atoms with E-state index in [4.69, 9.17) is 11.6 Å². The third-order valence-corrected chi connectivity index (χ3v) is 2.99. The standard InChI is InChI=1S/C14H12ClFN2O/c1-9(10-2-4-11(15)5-3-10)18-14(19)12-6-7-17-8-13(12)16/h2-9H,1H3,(H,18,19). The Hall–Kier alpha value is -1.94. The van der Waals surface area contributed by atoms with Crippen molar-refractivity contribution in [3.05, 3.63) is 64.7 Å². The predicted octanol–water partition coefficient (Wildman–Crippen LogP) is 3.37. The third kappa shape index (κ3) is 3.29. The smallest absolute Gasteiger partial charge is 0.254 e. The van der Waals surface area contributed by atoms with E-state index in [1.54, 1.807) is 12.1 Å². The molecule has 0 aliphatic heterocycles. The van der Waals surface area contributed by atoms with Crippen LogP contribution in [0.1, 0.15) is 28.9 Å². The summed E-state index contributed by atoms with van der Waals surface area (Å²) in [6.07, 6.45) is 2.40. The molecular weight excluding hydrogens is 267 g/mol. The largest absolute Gasteiger partial charge is 0.345 e. The van der Waals surface area contributed by atoms with Gasteiger partial charge in [0.25, 0.3) is 5.91 Å². The van der Waals surface area contributed by atoms with Gasteiger partial charge in [-0.05, 0) is 30.7 Å². The van der Waals surface area contributed by atoms with Crippen molar-refractivity contribution in [2.24, 2.45) is 0 Å². The molecule has 1 N–H and O–H groups in total. The van der Waals surface area contributed by atoms with Crippen LogP contribution in [0.25, 0.3) is 0 Å². The lowest BCUT2D eigenvalue weighted by atomic mass is 10.1. The Labute approximate surface area is 115 Å². The highest BCUT2D eigenvalue weighted by atomic mass is 35.5. The van der Waals surface area contributed by atoms with Crippen molar-refractivity contribution in [2.75, 3.05) is 0 Å². The first-order valence-electron chi connectivity index (χ1n) is 5.74. The van der Waals surface area contributed by atoms with Gasteiger partial charge >= 0.3 is 0 Å². The van der Waals surface area contributed by atoms with Crippen LogP contribution in [0.5, 0.6) is 0 Å². The van der Waals surface area contributed by atoms with E-state index < -0.39 is 11.7 Å². The summed E-state index contributed by atoms with van der Waals surface area (Å²) in [6.45, 7) is 1.82. The molecule has 0 aliphatic rings. The summed E-state index contributed by atoms with van der Waals surface area (Å²) < 4.78 is 13.4. The van der Waals surface area contributed by atoms with Crippen LogP contribution >= 0.6 is 11.6 Å². The first-order valence-corrected chi connectivity index (χ1v) is 6.11. The molecular formula is C14H12ClFN2O. The van der Waals surface area contributed by atoms with Gasteiger partial charge in [0.15, 0.2) is 5.82 Å². The van der Waals surface area contributed by atoms with Gasteiger partial charge in [0, 0.05) is 11.2 Å². The van der Waals surface area contributed by atoms with Gasteiger partial charge in [-0.15, -0.1) is 0 Å². The molecule has 1 amide bonds. The molecule has 98 valence electrons. The van der Waals surface area contributed by atoms with Crippen molar-refractivity contribution in [3.8, 4) is 0 Å². The van der Waals surface area contributed by atoms with E-state index in [2.05, 4.69) is 10.3 Å². The fourth-order valence-electron chi connectivity index (χ4n) is 1.67. The second-order valence-corrected chi connectivity index (χ2v) is 4.54. The van der Waals surface area contributed by atoms with Crippen LogP contribution in [-0.4, -0.2) is 10.9 Å². The van der Waals surface area contributed by atoms with Crippen LogP contribution in [0.15, 0.2) is 42.7 Å². The molecule has 0 aliphatic carbocycles. The van der Waals surface area contributed by atoms with Crippen molar-refractivity contribution < 1.29 is 9.18 Å². The Morgan fingerprint density at radius 3 is 2.63 bits per heavy atom. The molecule has 1 heterocycles. The minimum atomic E-state index is -0.636. The zero-order chi connectivity index (χ0) is 13.8. The first-order chi connectivity index (χ1) is 9.08. The third-order valence-electron chi connectivity index (χ3n) is 2.73. The topological polar surface area (TPSA) is 42.0 Å². The van der Waals surface area contributed by atoms with Crippen molar-refractivity contribution in [3.63, 3.8) is 0 Å². The monoisotopic (exact) mass is 278 g/mol. The van der Waals surface area contributed by atoms with Crippen LogP contribution in [0.2, 0.25) is 5.02 Å². The van der Waals surface area contributed by atoms with Crippen LogP contribution in [0.3, 0.4) is 0 Å². The number of rotatable bonds is 3. The van der Waals surface area contributed by atoms with Crippen LogP contribution in [-0.2, 0) is 0 Å². The summed E-state index contributed by atoms with van der Waals surface area (Å²) >= 11 is 5.79. The quantitative estimate of drug-likeness (QED) is 0.935. The van der Waals surface area contributed by atoms with Crippen molar-refractivity contribution in [1.29, 1.82) is 0 Å². The number of hydrogen-bond donors (Lipinski definition) is 1. The second kappa shape index (κ2) is 5.80. The maximum absolute atomic E-state index is 13.4. The number of amides is 1. The molecule has 2 aromatic rings. The molecule has 2 rings (SSSR count). The van der Waals surface area contributed by atoms with Gasteiger partial charge in [0.1, 0.15) is 0 Å². The van der Waals surface area contributed by atoms with Gasteiger partial charge in [-0.25, -0.2) is 4.39 Å².